The normalized spacial score (nSPS) is 11.6. The van der Waals surface area contributed by atoms with Crippen molar-refractivity contribution in [1.82, 2.24) is 9.78 Å². The smallest absolute Gasteiger partial charge is 0.193 e. The third kappa shape index (κ3) is 2.88. The number of hydrogen-bond acceptors (Lipinski definition) is 2. The van der Waals surface area contributed by atoms with Gasteiger partial charge in [0.15, 0.2) is 5.96 Å². The summed E-state index contributed by atoms with van der Waals surface area (Å²) in [6.07, 6.45) is 1.81. The van der Waals surface area contributed by atoms with E-state index in [0.29, 0.717) is 12.5 Å². The van der Waals surface area contributed by atoms with E-state index in [1.807, 2.05) is 55.2 Å². The fourth-order valence-corrected chi connectivity index (χ4v) is 1.58. The second kappa shape index (κ2) is 5.35. The predicted molar refractivity (Wildman–Crippen MR) is 73.3 cm³/mol. The largest absolute Gasteiger partial charge is 0.370 e. The molecule has 0 fully saturated rings. The Labute approximate surface area is 106 Å². The molecule has 0 aliphatic rings. The Hall–Kier alpha value is -2.30. The third-order valence-electron chi connectivity index (χ3n) is 2.80. The van der Waals surface area contributed by atoms with E-state index in [4.69, 9.17) is 5.73 Å². The van der Waals surface area contributed by atoms with Crippen LogP contribution in [-0.2, 0) is 13.6 Å². The summed E-state index contributed by atoms with van der Waals surface area (Å²) in [5.74, 6) is 0.407. The summed E-state index contributed by atoms with van der Waals surface area (Å²) < 4.78 is 1.83. The molecular formula is C13H17N5. The molecule has 94 valence electrons. The number of nitrogens with two attached hydrogens (primary N) is 1. The second-order valence-electron chi connectivity index (χ2n) is 4.07. The van der Waals surface area contributed by atoms with Crippen molar-refractivity contribution in [1.29, 1.82) is 0 Å². The van der Waals surface area contributed by atoms with E-state index in [1.54, 1.807) is 0 Å². The van der Waals surface area contributed by atoms with Crippen LogP contribution in [0.4, 0.5) is 5.69 Å². The third-order valence-corrected chi connectivity index (χ3v) is 2.80. The maximum atomic E-state index is 5.82. The average Bonchev–Trinajstić information content (AvgIpc) is 2.69. The molecule has 1 aromatic carbocycles. The van der Waals surface area contributed by atoms with Crippen molar-refractivity contribution in [3.8, 4) is 0 Å². The molecule has 0 aliphatic carbocycles. The van der Waals surface area contributed by atoms with Crippen LogP contribution in [0.15, 0.2) is 41.5 Å². The van der Waals surface area contributed by atoms with Crippen molar-refractivity contribution in [2.24, 2.45) is 17.8 Å². The second-order valence-corrected chi connectivity index (χ2v) is 4.07. The highest BCUT2D eigenvalue weighted by Gasteiger charge is 2.02. The van der Waals surface area contributed by atoms with E-state index in [0.717, 1.165) is 16.9 Å². The Kier molecular flexibility index (Phi) is 3.62. The van der Waals surface area contributed by atoms with Crippen LogP contribution in [0.3, 0.4) is 0 Å². The Morgan fingerprint density at radius 1 is 1.39 bits per heavy atom. The number of nitrogens with one attached hydrogen (secondary N) is 1. The zero-order chi connectivity index (χ0) is 13.0. The Morgan fingerprint density at radius 2 is 2.11 bits per heavy atom. The molecule has 3 N–H and O–H groups in total. The summed E-state index contributed by atoms with van der Waals surface area (Å²) in [4.78, 5) is 4.29. The summed E-state index contributed by atoms with van der Waals surface area (Å²) >= 11 is 0. The van der Waals surface area contributed by atoms with E-state index >= 15 is 0 Å². The molecule has 1 heterocycles. The number of hydrogen-bond donors (Lipinski definition) is 2. The first-order chi connectivity index (χ1) is 8.66. The first-order valence-electron chi connectivity index (χ1n) is 5.76. The van der Waals surface area contributed by atoms with Crippen LogP contribution in [0, 0.1) is 6.92 Å². The zero-order valence-electron chi connectivity index (χ0n) is 10.6. The van der Waals surface area contributed by atoms with Gasteiger partial charge in [-0.25, -0.2) is 4.99 Å². The molecule has 18 heavy (non-hydrogen) atoms. The molecular weight excluding hydrogens is 226 g/mol. The van der Waals surface area contributed by atoms with Crippen molar-refractivity contribution in [2.75, 3.05) is 5.32 Å². The summed E-state index contributed by atoms with van der Waals surface area (Å²) in [6.45, 7) is 2.55. The minimum atomic E-state index is 0.407. The monoisotopic (exact) mass is 243 g/mol. The van der Waals surface area contributed by atoms with E-state index in [9.17, 15) is 0 Å². The van der Waals surface area contributed by atoms with Gasteiger partial charge in [0.05, 0.1) is 12.7 Å². The van der Waals surface area contributed by atoms with Gasteiger partial charge in [0.2, 0.25) is 0 Å². The van der Waals surface area contributed by atoms with Crippen molar-refractivity contribution in [3.05, 3.63) is 47.8 Å². The van der Waals surface area contributed by atoms with Crippen LogP contribution < -0.4 is 11.1 Å². The Bertz CT molecular complexity index is 542. The molecule has 0 unspecified atom stereocenters. The molecule has 5 heteroatoms. The first kappa shape index (κ1) is 12.2. The fourth-order valence-electron chi connectivity index (χ4n) is 1.58. The molecule has 1 aromatic heterocycles. The predicted octanol–water partition coefficient (Wildman–Crippen LogP) is 1.66. The minimum Gasteiger partial charge on any atom is -0.370 e. The van der Waals surface area contributed by atoms with Gasteiger partial charge in [0.25, 0.3) is 0 Å². The van der Waals surface area contributed by atoms with E-state index in [-0.39, 0.29) is 0 Å². The van der Waals surface area contributed by atoms with Gasteiger partial charge in [-0.1, -0.05) is 18.2 Å². The van der Waals surface area contributed by atoms with Gasteiger partial charge in [-0.05, 0) is 19.1 Å². The van der Waals surface area contributed by atoms with Gasteiger partial charge >= 0.3 is 0 Å². The Balaban J connectivity index is 1.99. The number of benzene rings is 1. The van der Waals surface area contributed by atoms with Gasteiger partial charge < -0.3 is 11.1 Å². The Morgan fingerprint density at radius 3 is 2.72 bits per heavy atom. The number of para-hydroxylation sites is 1. The number of nitrogens with zero attached hydrogens (tertiary/aromatic N) is 3. The zero-order valence-corrected chi connectivity index (χ0v) is 10.6. The van der Waals surface area contributed by atoms with Gasteiger partial charge in [-0.3, -0.25) is 4.68 Å². The lowest BCUT2D eigenvalue weighted by molar-refractivity contribution is 0.737. The molecule has 0 spiro atoms. The summed E-state index contributed by atoms with van der Waals surface area (Å²) in [5.41, 5.74) is 8.94. The highest BCUT2D eigenvalue weighted by Crippen LogP contribution is 2.08. The maximum Gasteiger partial charge on any atom is 0.193 e. The fraction of sp³-hybridized carbons (Fsp3) is 0.231. The van der Waals surface area contributed by atoms with Crippen molar-refractivity contribution in [3.63, 3.8) is 0 Å². The maximum absolute atomic E-state index is 5.82. The standard InChI is InChI=1S/C13H17N5/c1-10-11(9-16-18(10)2)8-15-13(14)17-12-6-4-3-5-7-12/h3-7,9H,8H2,1-2H3,(H3,14,15,17). The summed E-state index contributed by atoms with van der Waals surface area (Å²) in [7, 11) is 1.91. The quantitative estimate of drug-likeness (QED) is 0.636. The SMILES string of the molecule is Cc1c(CN=C(N)Nc2ccccc2)cnn1C. The van der Waals surface area contributed by atoms with Crippen LogP contribution in [0.25, 0.3) is 0 Å². The lowest BCUT2D eigenvalue weighted by Crippen LogP contribution is -2.22. The van der Waals surface area contributed by atoms with Crippen molar-refractivity contribution >= 4 is 11.6 Å². The lowest BCUT2D eigenvalue weighted by Gasteiger charge is -2.04. The molecule has 0 saturated carbocycles. The highest BCUT2D eigenvalue weighted by atomic mass is 15.3. The van der Waals surface area contributed by atoms with E-state index in [1.165, 1.54) is 0 Å². The van der Waals surface area contributed by atoms with Crippen molar-refractivity contribution in [2.45, 2.75) is 13.5 Å². The molecule has 5 nitrogen and oxygen atoms in total. The van der Waals surface area contributed by atoms with Crippen LogP contribution in [0.5, 0.6) is 0 Å². The van der Waals surface area contributed by atoms with Crippen molar-refractivity contribution < 1.29 is 0 Å². The summed E-state index contributed by atoms with van der Waals surface area (Å²) in [5, 5.41) is 7.20. The first-order valence-corrected chi connectivity index (χ1v) is 5.76. The topological polar surface area (TPSA) is 68.2 Å². The van der Waals surface area contributed by atoms with E-state index in [2.05, 4.69) is 15.4 Å². The number of rotatable bonds is 3. The van der Waals surface area contributed by atoms with E-state index < -0.39 is 0 Å². The molecule has 0 saturated heterocycles. The lowest BCUT2D eigenvalue weighted by atomic mass is 10.3. The van der Waals surface area contributed by atoms with Gasteiger partial charge in [-0.2, -0.15) is 5.10 Å². The number of aliphatic imine (C=N–C) groups is 1. The number of aromatic nitrogens is 2. The average molecular weight is 243 g/mol. The van der Waals surface area contributed by atoms with Gasteiger partial charge in [-0.15, -0.1) is 0 Å². The summed E-state index contributed by atoms with van der Waals surface area (Å²) in [6, 6.07) is 9.73. The van der Waals surface area contributed by atoms with Crippen LogP contribution in [0.2, 0.25) is 0 Å². The van der Waals surface area contributed by atoms with Gasteiger partial charge in [0, 0.05) is 24.0 Å². The van der Waals surface area contributed by atoms with Crippen LogP contribution in [0.1, 0.15) is 11.3 Å². The van der Waals surface area contributed by atoms with Crippen LogP contribution in [-0.4, -0.2) is 15.7 Å². The molecule has 2 aromatic rings. The number of anilines is 1. The molecule has 0 radical (unpaired) electrons. The molecule has 0 atom stereocenters. The molecule has 0 amide bonds. The molecule has 0 aliphatic heterocycles. The van der Waals surface area contributed by atoms with Gasteiger partial charge in [0.1, 0.15) is 0 Å². The molecule has 2 rings (SSSR count). The number of aryl methyl sites for hydroxylation is 1. The highest BCUT2D eigenvalue weighted by molar-refractivity contribution is 5.92. The van der Waals surface area contributed by atoms with Crippen LogP contribution >= 0.6 is 0 Å². The molecule has 0 bridgehead atoms. The minimum absolute atomic E-state index is 0.407. The number of guanidine groups is 1.